The zero-order valence-corrected chi connectivity index (χ0v) is 18.9. The van der Waals surface area contributed by atoms with Crippen LogP contribution in [0.15, 0.2) is 65.6 Å². The normalized spacial score (nSPS) is 12.2. The number of hydrogen-bond acceptors (Lipinski definition) is 5. The zero-order chi connectivity index (χ0) is 24.0. The van der Waals surface area contributed by atoms with Crippen molar-refractivity contribution in [3.05, 3.63) is 76.9 Å². The van der Waals surface area contributed by atoms with Gasteiger partial charge in [0.05, 0.1) is 32.4 Å². The lowest BCUT2D eigenvalue weighted by molar-refractivity contribution is -0.136. The van der Waals surface area contributed by atoms with Gasteiger partial charge in [0.1, 0.15) is 17.0 Å². The van der Waals surface area contributed by atoms with E-state index in [1.165, 1.54) is 36.4 Å². The third-order valence-corrected chi connectivity index (χ3v) is 6.28. The lowest BCUT2D eigenvalue weighted by Gasteiger charge is -2.14. The number of aryl methyl sites for hydroxylation is 1. The first-order valence-corrected chi connectivity index (χ1v) is 11.8. The molecule has 0 radical (unpaired) electrons. The zero-order valence-electron chi connectivity index (χ0n) is 17.3. The molecule has 33 heavy (non-hydrogen) atoms. The molecule has 5 nitrogen and oxygen atoms in total. The second kappa shape index (κ2) is 8.31. The number of halogens is 4. The summed E-state index contributed by atoms with van der Waals surface area (Å²) in [5, 5.41) is 0.244. The van der Waals surface area contributed by atoms with Crippen LogP contribution in [0.25, 0.3) is 22.3 Å². The largest absolute Gasteiger partial charge is 0.457 e. The quantitative estimate of drug-likeness (QED) is 0.326. The lowest BCUT2D eigenvalue weighted by atomic mass is 10.1. The Morgan fingerprint density at radius 3 is 2.33 bits per heavy atom. The molecule has 0 saturated heterocycles. The van der Waals surface area contributed by atoms with Gasteiger partial charge in [0.25, 0.3) is 0 Å². The molecule has 0 bridgehead atoms. The summed E-state index contributed by atoms with van der Waals surface area (Å²) in [6.07, 6.45) is -3.51. The maximum Gasteiger partial charge on any atom is 0.418 e. The molecule has 0 fully saturated rings. The molecule has 0 aliphatic heterocycles. The van der Waals surface area contributed by atoms with Gasteiger partial charge in [-0.1, -0.05) is 23.7 Å². The molecular formula is C23H16ClF3N2O3S. The Morgan fingerprint density at radius 2 is 1.64 bits per heavy atom. The van der Waals surface area contributed by atoms with Gasteiger partial charge in [0.15, 0.2) is 9.84 Å². The molecule has 0 amide bonds. The first-order valence-electron chi connectivity index (χ1n) is 9.56. The summed E-state index contributed by atoms with van der Waals surface area (Å²) in [5.41, 5.74) is -0.160. The molecule has 0 saturated carbocycles. The van der Waals surface area contributed by atoms with Crippen LogP contribution in [0.4, 0.5) is 13.2 Å². The minimum absolute atomic E-state index is 0.0881. The van der Waals surface area contributed by atoms with E-state index in [-0.39, 0.29) is 32.4 Å². The van der Waals surface area contributed by atoms with Gasteiger partial charge in [-0.25, -0.2) is 18.4 Å². The van der Waals surface area contributed by atoms with Gasteiger partial charge >= 0.3 is 6.18 Å². The summed E-state index contributed by atoms with van der Waals surface area (Å²) in [5.74, 6) is 0.567. The van der Waals surface area contributed by atoms with Crippen molar-refractivity contribution < 1.29 is 26.3 Å². The van der Waals surface area contributed by atoms with Gasteiger partial charge in [0.2, 0.25) is 0 Å². The maximum absolute atomic E-state index is 13.5. The standard InChI is InChI=1S/C23H16ClF3N2O3S/c1-13-21(29-22-18(23(25,26)27)7-4-8-20(22)28-13)17-12-15(9-10-19(17)24)32-14-5-3-6-16(11-14)33(2,30)31/h3-12H,1-2H3. The highest BCUT2D eigenvalue weighted by Crippen LogP contribution is 2.37. The summed E-state index contributed by atoms with van der Waals surface area (Å²) in [6, 6.07) is 14.2. The van der Waals surface area contributed by atoms with E-state index in [2.05, 4.69) is 9.97 Å². The fourth-order valence-electron chi connectivity index (χ4n) is 3.30. The number of fused-ring (bicyclic) bond motifs is 1. The Bertz CT molecular complexity index is 1490. The van der Waals surface area contributed by atoms with E-state index in [0.717, 1.165) is 12.3 Å². The van der Waals surface area contributed by atoms with Crippen molar-refractivity contribution in [3.8, 4) is 22.8 Å². The molecular weight excluding hydrogens is 477 g/mol. The molecule has 10 heteroatoms. The van der Waals surface area contributed by atoms with Crippen LogP contribution in [-0.2, 0) is 16.0 Å². The number of sulfone groups is 1. The van der Waals surface area contributed by atoms with Crippen LogP contribution in [-0.4, -0.2) is 24.6 Å². The molecule has 0 aliphatic carbocycles. The topological polar surface area (TPSA) is 69.2 Å². The Morgan fingerprint density at radius 1 is 0.939 bits per heavy atom. The van der Waals surface area contributed by atoms with Crippen molar-refractivity contribution in [1.29, 1.82) is 0 Å². The van der Waals surface area contributed by atoms with Gasteiger partial charge in [-0.3, -0.25) is 0 Å². The van der Waals surface area contributed by atoms with Crippen LogP contribution in [0.3, 0.4) is 0 Å². The van der Waals surface area contributed by atoms with Crippen molar-refractivity contribution >= 4 is 32.5 Å². The first-order chi connectivity index (χ1) is 15.4. The number of aromatic nitrogens is 2. The van der Waals surface area contributed by atoms with E-state index in [4.69, 9.17) is 16.3 Å². The molecule has 0 N–H and O–H groups in total. The fourth-order valence-corrected chi connectivity index (χ4v) is 4.17. The second-order valence-electron chi connectivity index (χ2n) is 7.32. The SMILES string of the molecule is Cc1nc2cccc(C(F)(F)F)c2nc1-c1cc(Oc2cccc(S(C)(=O)=O)c2)ccc1Cl. The molecule has 0 aliphatic rings. The highest BCUT2D eigenvalue weighted by molar-refractivity contribution is 7.90. The summed E-state index contributed by atoms with van der Waals surface area (Å²) in [4.78, 5) is 8.64. The van der Waals surface area contributed by atoms with Gasteiger partial charge < -0.3 is 4.74 Å². The van der Waals surface area contributed by atoms with Crippen LogP contribution in [0.1, 0.15) is 11.3 Å². The number of para-hydroxylation sites is 1. The minimum atomic E-state index is -4.60. The molecule has 1 heterocycles. The Balaban J connectivity index is 1.81. The fraction of sp³-hybridized carbons (Fsp3) is 0.130. The molecule has 1 aromatic heterocycles. The Kier molecular flexibility index (Phi) is 5.79. The van der Waals surface area contributed by atoms with Crippen LogP contribution in [0.5, 0.6) is 11.5 Å². The molecule has 0 spiro atoms. The predicted octanol–water partition coefficient (Wildman–Crippen LogP) is 6.47. The molecule has 3 aromatic carbocycles. The molecule has 4 rings (SSSR count). The van der Waals surface area contributed by atoms with Crippen molar-refractivity contribution in [3.63, 3.8) is 0 Å². The van der Waals surface area contributed by atoms with Crippen LogP contribution in [0, 0.1) is 6.92 Å². The van der Waals surface area contributed by atoms with Crippen LogP contribution in [0.2, 0.25) is 5.02 Å². The molecule has 4 aromatic rings. The summed E-state index contributed by atoms with van der Waals surface area (Å²) >= 11 is 6.35. The molecule has 0 atom stereocenters. The third-order valence-electron chi connectivity index (χ3n) is 4.84. The molecule has 170 valence electrons. The lowest BCUT2D eigenvalue weighted by Crippen LogP contribution is -2.08. The van der Waals surface area contributed by atoms with E-state index >= 15 is 0 Å². The van der Waals surface area contributed by atoms with Crippen molar-refractivity contribution in [1.82, 2.24) is 9.97 Å². The van der Waals surface area contributed by atoms with E-state index in [1.54, 1.807) is 25.1 Å². The van der Waals surface area contributed by atoms with Crippen LogP contribution >= 0.6 is 11.6 Å². The van der Waals surface area contributed by atoms with Gasteiger partial charge in [-0.2, -0.15) is 13.2 Å². The van der Waals surface area contributed by atoms with E-state index in [1.807, 2.05) is 0 Å². The molecule has 0 unspecified atom stereocenters. The third kappa shape index (κ3) is 4.79. The predicted molar refractivity (Wildman–Crippen MR) is 119 cm³/mol. The number of alkyl halides is 3. The minimum Gasteiger partial charge on any atom is -0.457 e. The summed E-state index contributed by atoms with van der Waals surface area (Å²) < 4.78 is 69.9. The number of benzene rings is 3. The van der Waals surface area contributed by atoms with E-state index in [0.29, 0.717) is 17.0 Å². The van der Waals surface area contributed by atoms with Gasteiger partial charge in [-0.15, -0.1) is 0 Å². The van der Waals surface area contributed by atoms with Gasteiger partial charge in [0, 0.05) is 11.8 Å². The highest BCUT2D eigenvalue weighted by Gasteiger charge is 2.33. The highest BCUT2D eigenvalue weighted by atomic mass is 35.5. The Hall–Kier alpha value is -3.17. The summed E-state index contributed by atoms with van der Waals surface area (Å²) in [6.45, 7) is 1.63. The van der Waals surface area contributed by atoms with Gasteiger partial charge in [-0.05, 0) is 55.5 Å². The van der Waals surface area contributed by atoms with E-state index in [9.17, 15) is 21.6 Å². The Labute approximate surface area is 192 Å². The van der Waals surface area contributed by atoms with E-state index < -0.39 is 21.6 Å². The van der Waals surface area contributed by atoms with Crippen LogP contribution < -0.4 is 4.74 Å². The number of nitrogens with zero attached hydrogens (tertiary/aromatic N) is 2. The maximum atomic E-state index is 13.5. The second-order valence-corrected chi connectivity index (χ2v) is 9.74. The average Bonchev–Trinajstić information content (AvgIpc) is 2.73. The number of ether oxygens (including phenoxy) is 1. The van der Waals surface area contributed by atoms with Crippen molar-refractivity contribution in [2.24, 2.45) is 0 Å². The van der Waals surface area contributed by atoms with Crippen molar-refractivity contribution in [2.45, 2.75) is 18.0 Å². The number of rotatable bonds is 4. The smallest absolute Gasteiger partial charge is 0.418 e. The number of hydrogen-bond donors (Lipinski definition) is 0. The average molecular weight is 493 g/mol. The monoisotopic (exact) mass is 492 g/mol. The summed E-state index contributed by atoms with van der Waals surface area (Å²) in [7, 11) is -3.43. The first kappa shape index (κ1) is 23.0. The van der Waals surface area contributed by atoms with Crippen molar-refractivity contribution in [2.75, 3.05) is 6.26 Å².